The molecule has 0 aliphatic rings. The molecule has 4 N–H and O–H groups in total. The summed E-state index contributed by atoms with van der Waals surface area (Å²) >= 11 is 0. The van der Waals surface area contributed by atoms with E-state index in [9.17, 15) is 19.2 Å². The average molecular weight is 323 g/mol. The molecule has 0 saturated carbocycles. The predicted molar refractivity (Wildman–Crippen MR) is 82.7 cm³/mol. The molecule has 8 nitrogen and oxygen atoms in total. The van der Waals surface area contributed by atoms with Crippen molar-refractivity contribution in [3.05, 3.63) is 34.2 Å². The van der Waals surface area contributed by atoms with Gasteiger partial charge in [0, 0.05) is 31.6 Å². The first kappa shape index (κ1) is 18.4. The molecular formula is C15H21N3O5. The Bertz CT molecular complexity index is 638. The van der Waals surface area contributed by atoms with Gasteiger partial charge >= 0.3 is 5.97 Å². The summed E-state index contributed by atoms with van der Waals surface area (Å²) < 4.78 is 1.50. The zero-order valence-corrected chi connectivity index (χ0v) is 12.9. The number of hydrogen-bond acceptors (Lipinski definition) is 4. The maximum absolute atomic E-state index is 11.8. The van der Waals surface area contributed by atoms with Crippen molar-refractivity contribution in [2.45, 2.75) is 45.2 Å². The molecule has 1 heterocycles. The Hall–Kier alpha value is -2.64. The summed E-state index contributed by atoms with van der Waals surface area (Å²) in [5.74, 6) is -2.28. The Balaban J connectivity index is 2.46. The number of rotatable bonds is 9. The van der Waals surface area contributed by atoms with Crippen molar-refractivity contribution in [3.63, 3.8) is 0 Å². The second-order valence-electron chi connectivity index (χ2n) is 5.30. The van der Waals surface area contributed by atoms with E-state index in [2.05, 4.69) is 5.32 Å². The van der Waals surface area contributed by atoms with Crippen molar-refractivity contribution in [3.8, 4) is 0 Å². The van der Waals surface area contributed by atoms with E-state index in [4.69, 9.17) is 10.8 Å². The quantitative estimate of drug-likeness (QED) is 0.577. The zero-order chi connectivity index (χ0) is 17.4. The van der Waals surface area contributed by atoms with Gasteiger partial charge in [0.05, 0.1) is 0 Å². The van der Waals surface area contributed by atoms with Crippen LogP contribution in [-0.4, -0.2) is 33.5 Å². The van der Waals surface area contributed by atoms with Crippen LogP contribution >= 0.6 is 0 Å². The lowest BCUT2D eigenvalue weighted by molar-refractivity contribution is -0.142. The van der Waals surface area contributed by atoms with Crippen LogP contribution in [0.2, 0.25) is 0 Å². The topological polar surface area (TPSA) is 131 Å². The summed E-state index contributed by atoms with van der Waals surface area (Å²) in [7, 11) is 0. The fraction of sp³-hybridized carbons (Fsp3) is 0.467. The number of nitrogens with zero attached hydrogens (tertiary/aromatic N) is 1. The predicted octanol–water partition coefficient (Wildman–Crippen LogP) is -0.228. The summed E-state index contributed by atoms with van der Waals surface area (Å²) in [5.41, 5.74) is 5.75. The molecule has 23 heavy (non-hydrogen) atoms. The summed E-state index contributed by atoms with van der Waals surface area (Å²) in [4.78, 5) is 45.1. The normalized spacial score (nSPS) is 11.7. The third-order valence-corrected chi connectivity index (χ3v) is 3.25. The molecule has 0 spiro atoms. The van der Waals surface area contributed by atoms with Crippen LogP contribution in [0.3, 0.4) is 0 Å². The molecule has 0 aliphatic heterocycles. The summed E-state index contributed by atoms with van der Waals surface area (Å²) in [5, 5.41) is 11.3. The Kier molecular flexibility index (Phi) is 6.98. The average Bonchev–Trinajstić information content (AvgIpc) is 2.46. The molecule has 0 aromatic carbocycles. The van der Waals surface area contributed by atoms with Crippen molar-refractivity contribution in [2.75, 3.05) is 0 Å². The first-order valence-electron chi connectivity index (χ1n) is 7.27. The van der Waals surface area contributed by atoms with Gasteiger partial charge in [-0.2, -0.15) is 0 Å². The van der Waals surface area contributed by atoms with Crippen LogP contribution < -0.4 is 16.6 Å². The Morgan fingerprint density at radius 3 is 2.61 bits per heavy atom. The van der Waals surface area contributed by atoms with Crippen LogP contribution in [0.5, 0.6) is 0 Å². The number of pyridine rings is 1. The van der Waals surface area contributed by atoms with Gasteiger partial charge in [-0.05, 0) is 25.3 Å². The second kappa shape index (κ2) is 8.72. The number of carboxylic acids is 1. The van der Waals surface area contributed by atoms with Crippen LogP contribution in [0.15, 0.2) is 23.1 Å². The summed E-state index contributed by atoms with van der Waals surface area (Å²) in [6.07, 6.45) is 2.02. The number of aromatic nitrogens is 1. The van der Waals surface area contributed by atoms with E-state index in [1.807, 2.05) is 6.92 Å². The highest BCUT2D eigenvalue weighted by molar-refractivity contribution is 5.84. The number of nitrogens with two attached hydrogens (primary N) is 1. The number of aliphatic carboxylic acids is 1. The molecule has 0 radical (unpaired) electrons. The van der Waals surface area contributed by atoms with Crippen LogP contribution in [0.1, 0.15) is 31.2 Å². The number of carbonyl (C=O) groups is 3. The van der Waals surface area contributed by atoms with E-state index in [0.717, 1.165) is 5.56 Å². The fourth-order valence-corrected chi connectivity index (χ4v) is 2.05. The van der Waals surface area contributed by atoms with Gasteiger partial charge in [0.1, 0.15) is 6.04 Å². The van der Waals surface area contributed by atoms with E-state index in [1.165, 1.54) is 10.6 Å². The van der Waals surface area contributed by atoms with Gasteiger partial charge < -0.3 is 20.7 Å². The van der Waals surface area contributed by atoms with Gasteiger partial charge in [-0.25, -0.2) is 4.79 Å². The molecule has 1 rings (SSSR count). The van der Waals surface area contributed by atoms with E-state index in [0.29, 0.717) is 13.0 Å². The fourth-order valence-electron chi connectivity index (χ4n) is 2.05. The molecule has 0 fully saturated rings. The van der Waals surface area contributed by atoms with Gasteiger partial charge in [-0.3, -0.25) is 14.4 Å². The minimum Gasteiger partial charge on any atom is -0.480 e. The highest BCUT2D eigenvalue weighted by Crippen LogP contribution is 2.01. The number of carboxylic acid groups (broad SMARTS) is 1. The standard InChI is InChI=1S/C15H21N3O5/c1-10-4-7-14(21)18(9-10)8-2-3-13(20)17-11(15(22)23)5-6-12(16)19/h4,7,9,11H,2-3,5-6,8H2,1H3,(H2,16,19)(H,17,20)(H,22,23). The molecule has 0 saturated heterocycles. The molecule has 8 heteroatoms. The minimum atomic E-state index is -1.21. The van der Waals surface area contributed by atoms with E-state index in [-0.39, 0.29) is 24.8 Å². The maximum Gasteiger partial charge on any atom is 0.326 e. The number of aryl methyl sites for hydroxylation is 2. The number of nitrogens with one attached hydrogen (secondary N) is 1. The first-order chi connectivity index (χ1) is 10.8. The molecule has 0 bridgehead atoms. The van der Waals surface area contributed by atoms with Gasteiger partial charge in [0.2, 0.25) is 11.8 Å². The van der Waals surface area contributed by atoms with Crippen LogP contribution in [0, 0.1) is 6.92 Å². The zero-order valence-electron chi connectivity index (χ0n) is 12.9. The molecule has 1 unspecified atom stereocenters. The smallest absolute Gasteiger partial charge is 0.326 e. The minimum absolute atomic E-state index is 0.0479. The van der Waals surface area contributed by atoms with Gasteiger partial charge in [0.25, 0.3) is 5.56 Å². The van der Waals surface area contributed by atoms with E-state index < -0.39 is 23.8 Å². The largest absolute Gasteiger partial charge is 0.480 e. The Labute approximate surface area is 133 Å². The summed E-state index contributed by atoms with van der Waals surface area (Å²) in [6, 6.07) is 2.03. The number of carbonyl (C=O) groups excluding carboxylic acids is 2. The third kappa shape index (κ3) is 6.77. The van der Waals surface area contributed by atoms with Gasteiger partial charge in [0.15, 0.2) is 0 Å². The monoisotopic (exact) mass is 323 g/mol. The lowest BCUT2D eigenvalue weighted by Gasteiger charge is -2.14. The Morgan fingerprint density at radius 2 is 2.00 bits per heavy atom. The first-order valence-corrected chi connectivity index (χ1v) is 7.27. The lowest BCUT2D eigenvalue weighted by Crippen LogP contribution is -2.41. The van der Waals surface area contributed by atoms with Crippen LogP contribution in [0.4, 0.5) is 0 Å². The summed E-state index contributed by atoms with van der Waals surface area (Å²) in [6.45, 7) is 2.23. The van der Waals surface area contributed by atoms with Gasteiger partial charge in [-0.15, -0.1) is 0 Å². The number of primary amides is 1. The highest BCUT2D eigenvalue weighted by atomic mass is 16.4. The van der Waals surface area contributed by atoms with Crippen molar-refractivity contribution < 1.29 is 19.5 Å². The van der Waals surface area contributed by atoms with Crippen molar-refractivity contribution >= 4 is 17.8 Å². The van der Waals surface area contributed by atoms with Gasteiger partial charge in [-0.1, -0.05) is 6.07 Å². The SMILES string of the molecule is Cc1ccc(=O)n(CCCC(=O)NC(CCC(N)=O)C(=O)O)c1. The molecule has 126 valence electrons. The molecule has 1 aromatic heterocycles. The number of hydrogen-bond donors (Lipinski definition) is 3. The van der Waals surface area contributed by atoms with E-state index in [1.54, 1.807) is 12.3 Å². The second-order valence-corrected chi connectivity index (χ2v) is 5.30. The molecule has 0 aliphatic carbocycles. The lowest BCUT2D eigenvalue weighted by atomic mass is 10.1. The third-order valence-electron chi connectivity index (χ3n) is 3.25. The van der Waals surface area contributed by atoms with Crippen molar-refractivity contribution in [1.82, 2.24) is 9.88 Å². The van der Waals surface area contributed by atoms with Crippen molar-refractivity contribution in [1.29, 1.82) is 0 Å². The number of amides is 2. The Morgan fingerprint density at radius 1 is 1.30 bits per heavy atom. The molecule has 1 atom stereocenters. The molecule has 1 aromatic rings. The maximum atomic E-state index is 11.8. The molecular weight excluding hydrogens is 302 g/mol. The highest BCUT2D eigenvalue weighted by Gasteiger charge is 2.20. The van der Waals surface area contributed by atoms with Crippen LogP contribution in [-0.2, 0) is 20.9 Å². The van der Waals surface area contributed by atoms with Crippen molar-refractivity contribution in [2.24, 2.45) is 5.73 Å². The van der Waals surface area contributed by atoms with E-state index >= 15 is 0 Å². The van der Waals surface area contributed by atoms with Crippen LogP contribution in [0.25, 0.3) is 0 Å². The molecule has 2 amide bonds.